The molecule has 0 rings (SSSR count). The van der Waals surface area contributed by atoms with Crippen LogP contribution in [-0.2, 0) is 4.74 Å². The summed E-state index contributed by atoms with van der Waals surface area (Å²) in [5.41, 5.74) is 0. The molecule has 0 radical (unpaired) electrons. The van der Waals surface area contributed by atoms with Gasteiger partial charge in [-0.3, -0.25) is 0 Å². The van der Waals surface area contributed by atoms with Gasteiger partial charge in [0.15, 0.2) is 0 Å². The molecule has 0 heterocycles. The summed E-state index contributed by atoms with van der Waals surface area (Å²) in [5.74, 6) is 0. The summed E-state index contributed by atoms with van der Waals surface area (Å²) in [6.45, 7) is 1.56. The van der Waals surface area contributed by atoms with Crippen LogP contribution in [0.5, 0.6) is 0 Å². The van der Waals surface area contributed by atoms with Gasteiger partial charge in [-0.1, -0.05) is 14.9 Å². The van der Waals surface area contributed by atoms with Crippen molar-refractivity contribution in [2.45, 2.75) is 40.1 Å². The number of aliphatic hydroxyl groups is 4. The van der Waals surface area contributed by atoms with Crippen LogP contribution in [0.3, 0.4) is 0 Å². The minimum atomic E-state index is -1.36. The highest BCUT2D eigenvalue weighted by atomic mass is 16.5. The monoisotopic (exact) mass is 212 g/mol. The van der Waals surface area contributed by atoms with Crippen LogP contribution in [0, 0.1) is 0 Å². The quantitative estimate of drug-likeness (QED) is 0.471. The molecule has 0 saturated carbocycles. The molecule has 0 amide bonds. The van der Waals surface area contributed by atoms with Crippen molar-refractivity contribution < 1.29 is 25.2 Å². The largest absolute Gasteiger partial charge is 0.394 e. The first kappa shape index (κ1) is 19.4. The summed E-state index contributed by atoms with van der Waals surface area (Å²) in [6.07, 6.45) is -3.84. The zero-order chi connectivity index (χ0) is 9.56. The molecule has 3 atom stereocenters. The van der Waals surface area contributed by atoms with Gasteiger partial charge in [0.2, 0.25) is 0 Å². The molecule has 5 nitrogen and oxygen atoms in total. The van der Waals surface area contributed by atoms with Crippen molar-refractivity contribution in [3.63, 3.8) is 0 Å². The van der Waals surface area contributed by atoms with E-state index in [1.165, 1.54) is 0 Å². The Bertz CT molecular complexity index is 109. The Balaban J connectivity index is -0.000000605. The van der Waals surface area contributed by atoms with E-state index in [2.05, 4.69) is 0 Å². The van der Waals surface area contributed by atoms with Gasteiger partial charge in [0.1, 0.15) is 18.3 Å². The molecule has 0 aromatic heterocycles. The third-order valence-electron chi connectivity index (χ3n) is 1.47. The lowest BCUT2D eigenvalue weighted by atomic mass is 10.1. The minimum Gasteiger partial charge on any atom is -0.394 e. The van der Waals surface area contributed by atoms with Crippen molar-refractivity contribution in [2.24, 2.45) is 0 Å². The van der Waals surface area contributed by atoms with E-state index in [4.69, 9.17) is 25.2 Å². The average molecular weight is 212 g/mol. The number of hydrogen-bond acceptors (Lipinski definition) is 5. The Morgan fingerprint density at radius 1 is 1.07 bits per heavy atom. The maximum Gasteiger partial charge on any atom is 0.110 e. The SMILES string of the molecule is C.C.CCOCC(O)C(O)C(O)CO. The molecule has 0 aliphatic rings. The number of aliphatic hydroxyl groups excluding tert-OH is 4. The van der Waals surface area contributed by atoms with Gasteiger partial charge in [-0.2, -0.15) is 0 Å². The normalized spacial score (nSPS) is 16.1. The van der Waals surface area contributed by atoms with Crippen LogP contribution < -0.4 is 0 Å². The van der Waals surface area contributed by atoms with Crippen molar-refractivity contribution in [3.05, 3.63) is 0 Å². The van der Waals surface area contributed by atoms with E-state index in [9.17, 15) is 0 Å². The Morgan fingerprint density at radius 3 is 1.93 bits per heavy atom. The van der Waals surface area contributed by atoms with Crippen LogP contribution in [0.2, 0.25) is 0 Å². The van der Waals surface area contributed by atoms with Gasteiger partial charge in [0.05, 0.1) is 13.2 Å². The third kappa shape index (κ3) is 7.23. The molecular formula is C9H24O5. The van der Waals surface area contributed by atoms with Crippen LogP contribution >= 0.6 is 0 Å². The molecule has 4 N–H and O–H groups in total. The zero-order valence-corrected chi connectivity index (χ0v) is 7.05. The van der Waals surface area contributed by atoms with E-state index in [1.54, 1.807) is 6.92 Å². The first-order valence-corrected chi connectivity index (χ1v) is 3.86. The summed E-state index contributed by atoms with van der Waals surface area (Å²) in [7, 11) is 0. The maximum atomic E-state index is 9.10. The van der Waals surface area contributed by atoms with Crippen LogP contribution in [0.15, 0.2) is 0 Å². The van der Waals surface area contributed by atoms with E-state index in [0.717, 1.165) is 0 Å². The van der Waals surface area contributed by atoms with Gasteiger partial charge >= 0.3 is 0 Å². The van der Waals surface area contributed by atoms with Crippen molar-refractivity contribution in [1.29, 1.82) is 0 Å². The topological polar surface area (TPSA) is 90.2 Å². The third-order valence-corrected chi connectivity index (χ3v) is 1.47. The van der Waals surface area contributed by atoms with E-state index in [-0.39, 0.29) is 21.5 Å². The zero-order valence-electron chi connectivity index (χ0n) is 7.05. The lowest BCUT2D eigenvalue weighted by molar-refractivity contribution is -0.0986. The molecular weight excluding hydrogens is 188 g/mol. The van der Waals surface area contributed by atoms with Crippen LogP contribution in [0.1, 0.15) is 21.8 Å². The highest BCUT2D eigenvalue weighted by molar-refractivity contribution is 4.73. The molecule has 0 aromatic rings. The predicted molar refractivity (Wildman–Crippen MR) is 55.1 cm³/mol. The van der Waals surface area contributed by atoms with E-state index in [0.29, 0.717) is 6.61 Å². The maximum absolute atomic E-state index is 9.10. The van der Waals surface area contributed by atoms with Crippen molar-refractivity contribution >= 4 is 0 Å². The van der Waals surface area contributed by atoms with Gasteiger partial charge in [-0.25, -0.2) is 0 Å². The van der Waals surface area contributed by atoms with Crippen LogP contribution in [0.25, 0.3) is 0 Å². The summed E-state index contributed by atoms with van der Waals surface area (Å²) in [5, 5.41) is 35.5. The highest BCUT2D eigenvalue weighted by Crippen LogP contribution is 2.00. The Kier molecular flexibility index (Phi) is 15.1. The number of hydrogen-bond donors (Lipinski definition) is 4. The average Bonchev–Trinajstić information content (AvgIpc) is 2.11. The fourth-order valence-electron chi connectivity index (χ4n) is 0.702. The highest BCUT2D eigenvalue weighted by Gasteiger charge is 2.23. The Labute approximate surface area is 86.0 Å². The molecule has 0 aliphatic heterocycles. The molecule has 0 fully saturated rings. The second-order valence-electron chi connectivity index (χ2n) is 2.47. The standard InChI is InChI=1S/C7H16O5.2CH4/c1-2-12-4-6(10)7(11)5(9)3-8;;/h5-11H,2-4H2,1H3;2*1H4. The summed E-state index contributed by atoms with van der Waals surface area (Å²) >= 11 is 0. The molecule has 90 valence electrons. The lowest BCUT2D eigenvalue weighted by Gasteiger charge is -2.20. The fourth-order valence-corrected chi connectivity index (χ4v) is 0.702. The van der Waals surface area contributed by atoms with Crippen LogP contribution in [-0.4, -0.2) is 58.6 Å². The lowest BCUT2D eigenvalue weighted by Crippen LogP contribution is -2.41. The summed E-state index contributed by atoms with van der Waals surface area (Å²) < 4.78 is 4.81. The molecule has 0 spiro atoms. The van der Waals surface area contributed by atoms with E-state index < -0.39 is 24.9 Å². The molecule has 5 heteroatoms. The Morgan fingerprint density at radius 2 is 1.57 bits per heavy atom. The van der Waals surface area contributed by atoms with Crippen molar-refractivity contribution in [1.82, 2.24) is 0 Å². The second kappa shape index (κ2) is 10.9. The van der Waals surface area contributed by atoms with Crippen LogP contribution in [0.4, 0.5) is 0 Å². The van der Waals surface area contributed by atoms with E-state index in [1.807, 2.05) is 0 Å². The smallest absolute Gasteiger partial charge is 0.110 e. The fraction of sp³-hybridized carbons (Fsp3) is 1.00. The molecule has 14 heavy (non-hydrogen) atoms. The first-order chi connectivity index (χ1) is 5.63. The van der Waals surface area contributed by atoms with Gasteiger partial charge in [-0.15, -0.1) is 0 Å². The molecule has 0 saturated heterocycles. The second-order valence-corrected chi connectivity index (χ2v) is 2.47. The molecule has 0 bridgehead atoms. The minimum absolute atomic E-state index is 0. The Hall–Kier alpha value is -0.200. The van der Waals surface area contributed by atoms with Gasteiger partial charge in [0.25, 0.3) is 0 Å². The summed E-state index contributed by atoms with van der Waals surface area (Å²) in [6, 6.07) is 0. The number of rotatable bonds is 6. The predicted octanol–water partition coefficient (Wildman–Crippen LogP) is -0.630. The first-order valence-electron chi connectivity index (χ1n) is 3.86. The van der Waals surface area contributed by atoms with E-state index >= 15 is 0 Å². The van der Waals surface area contributed by atoms with Crippen molar-refractivity contribution in [3.8, 4) is 0 Å². The number of ether oxygens (including phenoxy) is 1. The van der Waals surface area contributed by atoms with Gasteiger partial charge < -0.3 is 25.2 Å². The molecule has 0 aliphatic carbocycles. The van der Waals surface area contributed by atoms with Crippen molar-refractivity contribution in [2.75, 3.05) is 19.8 Å². The molecule has 3 unspecified atom stereocenters. The van der Waals surface area contributed by atoms with Gasteiger partial charge in [-0.05, 0) is 6.92 Å². The van der Waals surface area contributed by atoms with Gasteiger partial charge in [0, 0.05) is 6.61 Å². The molecule has 0 aromatic carbocycles. The summed E-state index contributed by atoms with van der Waals surface area (Å²) in [4.78, 5) is 0.